The molecular weight excluding hydrogens is 256 g/mol. The van der Waals surface area contributed by atoms with Crippen LogP contribution in [0.2, 0.25) is 0 Å². The number of hydrogen-bond acceptors (Lipinski definition) is 4. The molecule has 0 radical (unpaired) electrons. The van der Waals surface area contributed by atoms with Crippen molar-refractivity contribution in [1.29, 1.82) is 0 Å². The minimum absolute atomic E-state index is 0.645. The highest BCUT2D eigenvalue weighted by atomic mass is 32.1. The van der Waals surface area contributed by atoms with Crippen molar-refractivity contribution in [3.05, 3.63) is 52.9 Å². The van der Waals surface area contributed by atoms with Crippen LogP contribution in [0.25, 0.3) is 10.9 Å². The summed E-state index contributed by atoms with van der Waals surface area (Å²) >= 11 is 1.71. The first-order valence-corrected chi connectivity index (χ1v) is 7.06. The number of benzene rings is 1. The largest absolute Gasteiger partial charge is 0.491 e. The van der Waals surface area contributed by atoms with Crippen molar-refractivity contribution in [3.63, 3.8) is 0 Å². The molecule has 0 unspecified atom stereocenters. The zero-order valence-corrected chi connectivity index (χ0v) is 11.2. The molecule has 2 aromatic heterocycles. The second-order valence-corrected chi connectivity index (χ2v) is 5.06. The van der Waals surface area contributed by atoms with Gasteiger partial charge < -0.3 is 10.5 Å². The normalized spacial score (nSPS) is 10.7. The van der Waals surface area contributed by atoms with Gasteiger partial charge >= 0.3 is 0 Å². The molecule has 96 valence electrons. The van der Waals surface area contributed by atoms with E-state index < -0.39 is 0 Å². The van der Waals surface area contributed by atoms with Crippen LogP contribution in [-0.2, 0) is 6.42 Å². The highest BCUT2D eigenvalue weighted by Crippen LogP contribution is 2.28. The van der Waals surface area contributed by atoms with E-state index in [1.165, 1.54) is 5.56 Å². The molecule has 0 saturated carbocycles. The molecule has 1 aromatic carbocycles. The highest BCUT2D eigenvalue weighted by Gasteiger charge is 2.06. The zero-order valence-electron chi connectivity index (χ0n) is 10.4. The minimum atomic E-state index is 0.645. The Bertz CT molecular complexity index is 680. The van der Waals surface area contributed by atoms with Gasteiger partial charge in [-0.25, -0.2) is 0 Å². The van der Waals surface area contributed by atoms with Crippen molar-refractivity contribution < 1.29 is 4.74 Å². The van der Waals surface area contributed by atoms with Gasteiger partial charge in [-0.05, 0) is 46.7 Å². The van der Waals surface area contributed by atoms with Crippen LogP contribution in [0.3, 0.4) is 0 Å². The molecule has 0 bridgehead atoms. The van der Waals surface area contributed by atoms with Crippen LogP contribution in [0, 0.1) is 0 Å². The third-order valence-electron chi connectivity index (χ3n) is 2.99. The highest BCUT2D eigenvalue weighted by molar-refractivity contribution is 7.07. The number of pyridine rings is 1. The summed E-state index contributed by atoms with van der Waals surface area (Å²) in [6.45, 7) is 0.645. The van der Waals surface area contributed by atoms with Gasteiger partial charge in [0.2, 0.25) is 0 Å². The Labute approximate surface area is 115 Å². The number of thiophene rings is 1. The summed E-state index contributed by atoms with van der Waals surface area (Å²) in [5.41, 5.74) is 8.80. The van der Waals surface area contributed by atoms with Gasteiger partial charge in [0.05, 0.1) is 6.61 Å². The van der Waals surface area contributed by atoms with Crippen molar-refractivity contribution in [2.45, 2.75) is 6.42 Å². The number of aromatic nitrogens is 1. The molecule has 0 saturated heterocycles. The number of fused-ring (bicyclic) bond motifs is 1. The molecule has 0 amide bonds. The molecule has 0 atom stereocenters. The summed E-state index contributed by atoms with van der Waals surface area (Å²) in [4.78, 5) is 4.35. The van der Waals surface area contributed by atoms with E-state index in [1.807, 2.05) is 24.3 Å². The van der Waals surface area contributed by atoms with Crippen molar-refractivity contribution in [3.8, 4) is 5.75 Å². The topological polar surface area (TPSA) is 48.1 Å². The fraction of sp³-hybridized carbons (Fsp3) is 0.133. The van der Waals surface area contributed by atoms with Crippen molar-refractivity contribution in [1.82, 2.24) is 4.98 Å². The molecule has 3 aromatic rings. The number of nitrogen functional groups attached to an aromatic ring is 1. The van der Waals surface area contributed by atoms with Gasteiger partial charge in [-0.1, -0.05) is 0 Å². The lowest BCUT2D eigenvalue weighted by molar-refractivity contribution is 0.325. The van der Waals surface area contributed by atoms with E-state index in [0.29, 0.717) is 6.61 Å². The molecule has 3 nitrogen and oxygen atoms in total. The number of rotatable bonds is 4. The molecule has 19 heavy (non-hydrogen) atoms. The van der Waals surface area contributed by atoms with Gasteiger partial charge in [-0.2, -0.15) is 11.3 Å². The van der Waals surface area contributed by atoms with Gasteiger partial charge in [-0.3, -0.25) is 4.98 Å². The Morgan fingerprint density at radius 2 is 2.16 bits per heavy atom. The van der Waals surface area contributed by atoms with Crippen molar-refractivity contribution in [2.24, 2.45) is 0 Å². The van der Waals surface area contributed by atoms with Crippen molar-refractivity contribution >= 4 is 27.9 Å². The van der Waals surface area contributed by atoms with E-state index >= 15 is 0 Å². The van der Waals surface area contributed by atoms with E-state index in [2.05, 4.69) is 21.8 Å². The summed E-state index contributed by atoms with van der Waals surface area (Å²) in [6.07, 6.45) is 2.66. The first-order chi connectivity index (χ1) is 9.34. The fourth-order valence-electron chi connectivity index (χ4n) is 2.00. The summed E-state index contributed by atoms with van der Waals surface area (Å²) in [5.74, 6) is 0.792. The van der Waals surface area contributed by atoms with Crippen LogP contribution >= 0.6 is 11.3 Å². The molecule has 4 heteroatoms. The smallest absolute Gasteiger partial charge is 0.145 e. The van der Waals surface area contributed by atoms with Gasteiger partial charge in [0.15, 0.2) is 0 Å². The Morgan fingerprint density at radius 3 is 3.00 bits per heavy atom. The Morgan fingerprint density at radius 1 is 1.21 bits per heavy atom. The second kappa shape index (κ2) is 5.28. The Balaban J connectivity index is 1.79. The second-order valence-electron chi connectivity index (χ2n) is 4.28. The number of anilines is 1. The molecule has 0 spiro atoms. The third kappa shape index (κ3) is 2.53. The van der Waals surface area contributed by atoms with Crippen LogP contribution in [-0.4, -0.2) is 11.6 Å². The quantitative estimate of drug-likeness (QED) is 0.738. The van der Waals surface area contributed by atoms with Crippen LogP contribution in [0.5, 0.6) is 5.75 Å². The van der Waals surface area contributed by atoms with Crippen molar-refractivity contribution in [2.75, 3.05) is 12.3 Å². The van der Waals surface area contributed by atoms with Gasteiger partial charge in [-0.15, -0.1) is 0 Å². The maximum Gasteiger partial charge on any atom is 0.145 e. The van der Waals surface area contributed by atoms with E-state index in [-0.39, 0.29) is 0 Å². The molecule has 0 aliphatic rings. The SMILES string of the molecule is Nc1ccc(OCCc2ccsc2)c2ncccc12. The average molecular weight is 270 g/mol. The van der Waals surface area contributed by atoms with Gasteiger partial charge in [0.1, 0.15) is 11.3 Å². The fourth-order valence-corrected chi connectivity index (χ4v) is 2.70. The Kier molecular flexibility index (Phi) is 3.33. The maximum absolute atomic E-state index is 5.94. The maximum atomic E-state index is 5.94. The first kappa shape index (κ1) is 12.0. The summed E-state index contributed by atoms with van der Waals surface area (Å²) in [5, 5.41) is 5.16. The van der Waals surface area contributed by atoms with E-state index in [0.717, 1.165) is 28.8 Å². The minimum Gasteiger partial charge on any atom is -0.491 e. The predicted octanol–water partition coefficient (Wildman–Crippen LogP) is 3.50. The molecule has 2 N–H and O–H groups in total. The van der Waals surface area contributed by atoms with Crippen LogP contribution < -0.4 is 10.5 Å². The number of ether oxygens (including phenoxy) is 1. The molecule has 0 aliphatic heterocycles. The van der Waals surface area contributed by atoms with Gasteiger partial charge in [0, 0.05) is 23.7 Å². The Hall–Kier alpha value is -2.07. The summed E-state index contributed by atoms with van der Waals surface area (Å²) < 4.78 is 5.83. The van der Waals surface area contributed by atoms with E-state index in [1.54, 1.807) is 17.5 Å². The standard InChI is InChI=1S/C15H14N2OS/c16-13-3-4-14(15-12(13)2-1-7-17-15)18-8-5-11-6-9-19-10-11/h1-4,6-7,9-10H,5,8,16H2. The summed E-state index contributed by atoms with van der Waals surface area (Å²) in [6, 6.07) is 9.72. The van der Waals surface area contributed by atoms with Crippen LogP contribution in [0.1, 0.15) is 5.56 Å². The lowest BCUT2D eigenvalue weighted by Gasteiger charge is -2.09. The summed E-state index contributed by atoms with van der Waals surface area (Å²) in [7, 11) is 0. The predicted molar refractivity (Wildman–Crippen MR) is 79.7 cm³/mol. The third-order valence-corrected chi connectivity index (χ3v) is 3.73. The molecule has 0 aliphatic carbocycles. The number of nitrogens with two attached hydrogens (primary N) is 1. The first-order valence-electron chi connectivity index (χ1n) is 6.11. The molecular formula is C15H14N2OS. The molecule has 2 heterocycles. The molecule has 0 fully saturated rings. The monoisotopic (exact) mass is 270 g/mol. The lowest BCUT2D eigenvalue weighted by atomic mass is 10.1. The number of hydrogen-bond donors (Lipinski definition) is 1. The van der Waals surface area contributed by atoms with E-state index in [9.17, 15) is 0 Å². The van der Waals surface area contributed by atoms with Crippen LogP contribution in [0.4, 0.5) is 5.69 Å². The number of nitrogens with zero attached hydrogens (tertiary/aromatic N) is 1. The van der Waals surface area contributed by atoms with E-state index in [4.69, 9.17) is 10.5 Å². The lowest BCUT2D eigenvalue weighted by Crippen LogP contribution is -2.02. The van der Waals surface area contributed by atoms with Crippen LogP contribution in [0.15, 0.2) is 47.3 Å². The molecule has 3 rings (SSSR count). The van der Waals surface area contributed by atoms with Gasteiger partial charge in [0.25, 0.3) is 0 Å². The average Bonchev–Trinajstić information content (AvgIpc) is 2.95. The zero-order chi connectivity index (χ0) is 13.1.